The highest BCUT2D eigenvalue weighted by molar-refractivity contribution is 5.38. The van der Waals surface area contributed by atoms with Gasteiger partial charge in [-0.2, -0.15) is 0 Å². The van der Waals surface area contributed by atoms with Crippen LogP contribution >= 0.6 is 0 Å². The zero-order chi connectivity index (χ0) is 14.9. The van der Waals surface area contributed by atoms with Crippen LogP contribution in [0, 0.1) is 26.2 Å². The Balaban J connectivity index is 2.02. The highest BCUT2D eigenvalue weighted by atomic mass is 14.9. The summed E-state index contributed by atoms with van der Waals surface area (Å²) in [4.78, 5) is 0. The largest absolute Gasteiger partial charge is 0.307 e. The van der Waals surface area contributed by atoms with Gasteiger partial charge in [0.1, 0.15) is 0 Å². The van der Waals surface area contributed by atoms with E-state index >= 15 is 0 Å². The van der Waals surface area contributed by atoms with Crippen molar-refractivity contribution in [3.8, 4) is 0 Å². The molecule has 1 atom stereocenters. The Labute approximate surface area is 125 Å². The summed E-state index contributed by atoms with van der Waals surface area (Å²) >= 11 is 0. The Morgan fingerprint density at radius 3 is 2.15 bits per heavy atom. The quantitative estimate of drug-likeness (QED) is 0.795. The monoisotopic (exact) mass is 273 g/mol. The van der Waals surface area contributed by atoms with Gasteiger partial charge in [-0.15, -0.1) is 0 Å². The molecular weight excluding hydrogens is 242 g/mol. The molecule has 1 fully saturated rings. The maximum atomic E-state index is 3.86. The third kappa shape index (κ3) is 3.63. The van der Waals surface area contributed by atoms with E-state index in [9.17, 15) is 0 Å². The molecule has 0 aromatic heterocycles. The lowest BCUT2D eigenvalue weighted by Gasteiger charge is -2.36. The minimum Gasteiger partial charge on any atom is -0.307 e. The molecular formula is C19H31N. The standard InChI is InChI=1S/C19H31N/c1-13-11-15(3)18(12-14(13)2)16(4)20-17-7-9-19(5,6)10-8-17/h11-12,16-17,20H,7-10H2,1-6H3. The van der Waals surface area contributed by atoms with Crippen molar-refractivity contribution < 1.29 is 0 Å². The number of nitrogens with one attached hydrogen (secondary N) is 1. The first kappa shape index (κ1) is 15.6. The smallest absolute Gasteiger partial charge is 0.0297 e. The van der Waals surface area contributed by atoms with Gasteiger partial charge in [0.2, 0.25) is 0 Å². The van der Waals surface area contributed by atoms with E-state index in [-0.39, 0.29) is 0 Å². The van der Waals surface area contributed by atoms with Crippen molar-refractivity contribution in [3.05, 3.63) is 34.4 Å². The van der Waals surface area contributed by atoms with Gasteiger partial charge >= 0.3 is 0 Å². The summed E-state index contributed by atoms with van der Waals surface area (Å²) in [5.74, 6) is 0. The predicted octanol–water partition coefficient (Wildman–Crippen LogP) is 5.23. The van der Waals surface area contributed by atoms with Crippen LogP contribution in [0.25, 0.3) is 0 Å². The summed E-state index contributed by atoms with van der Waals surface area (Å²) in [6.07, 6.45) is 5.34. The van der Waals surface area contributed by atoms with Gasteiger partial charge in [-0.05, 0) is 81.0 Å². The molecule has 0 amide bonds. The van der Waals surface area contributed by atoms with Crippen molar-refractivity contribution in [2.24, 2.45) is 5.41 Å². The summed E-state index contributed by atoms with van der Waals surface area (Å²) in [5.41, 5.74) is 6.25. The zero-order valence-corrected chi connectivity index (χ0v) is 14.1. The second-order valence-electron chi connectivity index (χ2n) is 7.62. The number of hydrogen-bond acceptors (Lipinski definition) is 1. The molecule has 1 saturated carbocycles. The predicted molar refractivity (Wildman–Crippen MR) is 88.2 cm³/mol. The van der Waals surface area contributed by atoms with Crippen LogP contribution in [0.1, 0.15) is 74.8 Å². The first-order valence-electron chi connectivity index (χ1n) is 8.12. The number of aryl methyl sites for hydroxylation is 3. The summed E-state index contributed by atoms with van der Waals surface area (Å²) in [6.45, 7) is 13.8. The van der Waals surface area contributed by atoms with Gasteiger partial charge in [-0.3, -0.25) is 0 Å². The van der Waals surface area contributed by atoms with Crippen LogP contribution in [0.3, 0.4) is 0 Å². The van der Waals surface area contributed by atoms with Crippen molar-refractivity contribution in [1.82, 2.24) is 5.32 Å². The number of rotatable bonds is 3. The molecule has 1 nitrogen and oxygen atoms in total. The molecule has 0 radical (unpaired) electrons. The van der Waals surface area contributed by atoms with E-state index in [0.29, 0.717) is 17.5 Å². The molecule has 0 heterocycles. The van der Waals surface area contributed by atoms with E-state index in [0.717, 1.165) is 0 Å². The molecule has 1 N–H and O–H groups in total. The Kier molecular flexibility index (Phi) is 4.59. The summed E-state index contributed by atoms with van der Waals surface area (Å²) in [5, 5.41) is 3.86. The van der Waals surface area contributed by atoms with E-state index in [1.807, 2.05) is 0 Å². The van der Waals surface area contributed by atoms with Gasteiger partial charge in [-0.1, -0.05) is 26.0 Å². The molecule has 0 saturated heterocycles. The van der Waals surface area contributed by atoms with Crippen molar-refractivity contribution >= 4 is 0 Å². The van der Waals surface area contributed by atoms with Crippen molar-refractivity contribution in [2.75, 3.05) is 0 Å². The summed E-state index contributed by atoms with van der Waals surface area (Å²) in [6, 6.07) is 5.85. The minimum absolute atomic E-state index is 0.459. The van der Waals surface area contributed by atoms with Crippen molar-refractivity contribution in [3.63, 3.8) is 0 Å². The van der Waals surface area contributed by atoms with Crippen LogP contribution in [0.2, 0.25) is 0 Å². The molecule has 2 rings (SSSR count). The SMILES string of the molecule is Cc1cc(C)c(C(C)NC2CCC(C)(C)CC2)cc1C. The summed E-state index contributed by atoms with van der Waals surface area (Å²) < 4.78 is 0. The minimum atomic E-state index is 0.459. The molecule has 1 heteroatoms. The van der Waals surface area contributed by atoms with Gasteiger partial charge < -0.3 is 5.32 Å². The van der Waals surface area contributed by atoms with Crippen LogP contribution < -0.4 is 5.32 Å². The van der Waals surface area contributed by atoms with Crippen molar-refractivity contribution in [2.45, 2.75) is 79.3 Å². The fourth-order valence-electron chi connectivity index (χ4n) is 3.46. The van der Waals surface area contributed by atoms with E-state index in [4.69, 9.17) is 0 Å². The lowest BCUT2D eigenvalue weighted by Crippen LogP contribution is -2.37. The maximum absolute atomic E-state index is 3.86. The fourth-order valence-corrected chi connectivity index (χ4v) is 3.46. The van der Waals surface area contributed by atoms with Crippen LogP contribution in [-0.2, 0) is 0 Å². The third-order valence-corrected chi connectivity index (χ3v) is 5.17. The first-order valence-corrected chi connectivity index (χ1v) is 8.12. The van der Waals surface area contributed by atoms with E-state index < -0.39 is 0 Å². The zero-order valence-electron chi connectivity index (χ0n) is 14.1. The number of hydrogen-bond donors (Lipinski definition) is 1. The van der Waals surface area contributed by atoms with Gasteiger partial charge in [0.15, 0.2) is 0 Å². The van der Waals surface area contributed by atoms with Crippen molar-refractivity contribution in [1.29, 1.82) is 0 Å². The lowest BCUT2D eigenvalue weighted by atomic mass is 9.75. The Morgan fingerprint density at radius 2 is 1.55 bits per heavy atom. The molecule has 1 aromatic rings. The second kappa shape index (κ2) is 5.89. The first-order chi connectivity index (χ1) is 9.28. The van der Waals surface area contributed by atoms with Gasteiger partial charge in [0, 0.05) is 12.1 Å². The highest BCUT2D eigenvalue weighted by Crippen LogP contribution is 2.36. The fraction of sp³-hybridized carbons (Fsp3) is 0.684. The molecule has 0 bridgehead atoms. The maximum Gasteiger partial charge on any atom is 0.0297 e. The van der Waals surface area contributed by atoms with Gasteiger partial charge in [-0.25, -0.2) is 0 Å². The van der Waals surface area contributed by atoms with Gasteiger partial charge in [0.05, 0.1) is 0 Å². The second-order valence-corrected chi connectivity index (χ2v) is 7.62. The molecule has 20 heavy (non-hydrogen) atoms. The molecule has 1 unspecified atom stereocenters. The molecule has 1 aliphatic carbocycles. The van der Waals surface area contributed by atoms with E-state index in [1.165, 1.54) is 47.9 Å². The van der Waals surface area contributed by atoms with Gasteiger partial charge in [0.25, 0.3) is 0 Å². The molecule has 0 aliphatic heterocycles. The Bertz CT molecular complexity index is 463. The Hall–Kier alpha value is -0.820. The average Bonchev–Trinajstić information content (AvgIpc) is 2.36. The average molecular weight is 273 g/mol. The Morgan fingerprint density at radius 1 is 1.00 bits per heavy atom. The normalized spacial score (nSPS) is 20.9. The molecule has 0 spiro atoms. The lowest BCUT2D eigenvalue weighted by molar-refractivity contribution is 0.200. The molecule has 1 aromatic carbocycles. The van der Waals surface area contributed by atoms with Crippen LogP contribution in [0.4, 0.5) is 0 Å². The van der Waals surface area contributed by atoms with E-state index in [1.54, 1.807) is 0 Å². The van der Waals surface area contributed by atoms with Crippen LogP contribution in [-0.4, -0.2) is 6.04 Å². The third-order valence-electron chi connectivity index (χ3n) is 5.17. The van der Waals surface area contributed by atoms with Crippen LogP contribution in [0.5, 0.6) is 0 Å². The molecule has 1 aliphatic rings. The highest BCUT2D eigenvalue weighted by Gasteiger charge is 2.27. The van der Waals surface area contributed by atoms with E-state index in [2.05, 4.69) is 59.0 Å². The summed E-state index contributed by atoms with van der Waals surface area (Å²) in [7, 11) is 0. The number of benzene rings is 1. The topological polar surface area (TPSA) is 12.0 Å². The van der Waals surface area contributed by atoms with Crippen LogP contribution in [0.15, 0.2) is 12.1 Å². The molecule has 112 valence electrons.